The van der Waals surface area contributed by atoms with Crippen LogP contribution < -0.4 is 10.9 Å². The summed E-state index contributed by atoms with van der Waals surface area (Å²) in [5.74, 6) is -0.311. The highest BCUT2D eigenvalue weighted by molar-refractivity contribution is 6.33. The van der Waals surface area contributed by atoms with Crippen LogP contribution >= 0.6 is 23.2 Å². The second kappa shape index (κ2) is 7.62. The minimum absolute atomic E-state index is 0.0166. The topological polar surface area (TPSA) is 46.9 Å². The molecule has 1 heterocycles. The number of para-hydroxylation sites is 1. The Kier molecular flexibility index (Phi) is 5.43. The van der Waals surface area contributed by atoms with Crippen LogP contribution in [-0.2, 0) is 12.7 Å². The van der Waals surface area contributed by atoms with Crippen LogP contribution in [0.5, 0.6) is 0 Å². The van der Waals surface area contributed by atoms with E-state index in [-0.39, 0.29) is 17.5 Å². The number of aromatic nitrogens is 2. The molecule has 0 aliphatic rings. The van der Waals surface area contributed by atoms with Gasteiger partial charge in [-0.1, -0.05) is 65.7 Å². The van der Waals surface area contributed by atoms with Crippen molar-refractivity contribution >= 4 is 34.8 Å². The van der Waals surface area contributed by atoms with Crippen LogP contribution in [0, 0.1) is 0 Å². The number of hydrogen-bond acceptors (Lipinski definition) is 3. The molecule has 0 amide bonds. The third-order valence-electron chi connectivity index (χ3n) is 3.69. The van der Waals surface area contributed by atoms with Gasteiger partial charge in [-0.2, -0.15) is 13.2 Å². The zero-order valence-electron chi connectivity index (χ0n) is 13.6. The molecule has 0 atom stereocenters. The minimum atomic E-state index is -4.88. The van der Waals surface area contributed by atoms with Gasteiger partial charge in [-0.15, -0.1) is 0 Å². The lowest BCUT2D eigenvalue weighted by molar-refractivity contribution is -0.141. The first-order valence-electron chi connectivity index (χ1n) is 7.70. The largest absolute Gasteiger partial charge is 0.435 e. The summed E-state index contributed by atoms with van der Waals surface area (Å²) in [5, 5.41) is 1.98. The fraction of sp³-hybridized carbons (Fsp3) is 0.111. The van der Waals surface area contributed by atoms with Crippen LogP contribution in [-0.4, -0.2) is 9.55 Å². The van der Waals surface area contributed by atoms with E-state index in [1.165, 1.54) is 0 Å². The van der Waals surface area contributed by atoms with Crippen molar-refractivity contribution in [1.29, 1.82) is 0 Å². The molecule has 1 aromatic heterocycles. The molecule has 140 valence electrons. The lowest BCUT2D eigenvalue weighted by Crippen LogP contribution is -2.29. The highest BCUT2D eigenvalue weighted by Gasteiger charge is 2.38. The number of anilines is 2. The molecule has 2 aromatic carbocycles. The molecule has 0 unspecified atom stereocenters. The average molecular weight is 414 g/mol. The van der Waals surface area contributed by atoms with Crippen molar-refractivity contribution in [2.75, 3.05) is 5.32 Å². The first-order valence-corrected chi connectivity index (χ1v) is 8.46. The molecule has 0 saturated heterocycles. The Hall–Kier alpha value is -2.51. The van der Waals surface area contributed by atoms with Crippen LogP contribution in [0.25, 0.3) is 0 Å². The van der Waals surface area contributed by atoms with E-state index in [0.717, 1.165) is 4.57 Å². The Morgan fingerprint density at radius 1 is 1.00 bits per heavy atom. The molecule has 0 fully saturated rings. The Bertz CT molecular complexity index is 1020. The molecule has 27 heavy (non-hydrogen) atoms. The van der Waals surface area contributed by atoms with Gasteiger partial charge >= 0.3 is 6.18 Å². The van der Waals surface area contributed by atoms with Crippen LogP contribution in [0.1, 0.15) is 11.3 Å². The van der Waals surface area contributed by atoms with Crippen LogP contribution in [0.3, 0.4) is 0 Å². The second-order valence-electron chi connectivity index (χ2n) is 5.58. The lowest BCUT2D eigenvalue weighted by Gasteiger charge is -2.17. The predicted octanol–water partition coefficient (Wildman–Crippen LogP) is 5.36. The number of nitrogens with one attached hydrogen (secondary N) is 1. The van der Waals surface area contributed by atoms with Crippen LogP contribution in [0.4, 0.5) is 24.8 Å². The van der Waals surface area contributed by atoms with E-state index >= 15 is 0 Å². The molecule has 0 spiro atoms. The fourth-order valence-electron chi connectivity index (χ4n) is 2.41. The van der Waals surface area contributed by atoms with Crippen molar-refractivity contribution in [2.45, 2.75) is 12.7 Å². The summed E-state index contributed by atoms with van der Waals surface area (Å²) >= 11 is 11.7. The highest BCUT2D eigenvalue weighted by Crippen LogP contribution is 2.33. The normalized spacial score (nSPS) is 11.4. The Morgan fingerprint density at radius 3 is 2.26 bits per heavy atom. The number of rotatable bonds is 4. The van der Waals surface area contributed by atoms with E-state index in [1.54, 1.807) is 54.6 Å². The van der Waals surface area contributed by atoms with Gasteiger partial charge in [0.1, 0.15) is 5.02 Å². The quantitative estimate of drug-likeness (QED) is 0.625. The Balaban J connectivity index is 2.16. The van der Waals surface area contributed by atoms with Gasteiger partial charge in [0.25, 0.3) is 5.56 Å². The molecular formula is C18H12Cl2F3N3O. The first-order chi connectivity index (χ1) is 12.8. The molecular weight excluding hydrogens is 402 g/mol. The third kappa shape index (κ3) is 4.26. The highest BCUT2D eigenvalue weighted by atomic mass is 35.5. The van der Waals surface area contributed by atoms with Crippen molar-refractivity contribution in [3.63, 3.8) is 0 Å². The predicted molar refractivity (Wildman–Crippen MR) is 98.8 cm³/mol. The monoisotopic (exact) mass is 413 g/mol. The third-order valence-corrected chi connectivity index (χ3v) is 4.36. The van der Waals surface area contributed by atoms with Gasteiger partial charge in [0.05, 0.1) is 17.3 Å². The molecule has 9 heteroatoms. The summed E-state index contributed by atoms with van der Waals surface area (Å²) < 4.78 is 40.7. The molecule has 0 bridgehead atoms. The number of alkyl halides is 3. The van der Waals surface area contributed by atoms with Crippen molar-refractivity contribution < 1.29 is 13.2 Å². The van der Waals surface area contributed by atoms with Gasteiger partial charge in [0.15, 0.2) is 5.69 Å². The van der Waals surface area contributed by atoms with Gasteiger partial charge in [-0.05, 0) is 17.7 Å². The van der Waals surface area contributed by atoms with Gasteiger partial charge in [0.2, 0.25) is 5.95 Å². The number of halogens is 5. The molecule has 3 rings (SSSR count). The average Bonchev–Trinajstić information content (AvgIpc) is 2.62. The maximum Gasteiger partial charge on any atom is 0.435 e. The van der Waals surface area contributed by atoms with Crippen LogP contribution in [0.2, 0.25) is 10.0 Å². The maximum atomic E-state index is 13.2. The summed E-state index contributed by atoms with van der Waals surface area (Å²) in [6, 6.07) is 15.2. The molecule has 4 nitrogen and oxygen atoms in total. The Morgan fingerprint density at radius 2 is 1.63 bits per heavy atom. The SMILES string of the molecule is O=c1c(Cl)c(C(F)(F)F)nc(Nc2ccccc2Cl)n1Cc1ccccc1. The minimum Gasteiger partial charge on any atom is -0.324 e. The van der Waals surface area contributed by atoms with Crippen molar-refractivity contribution in [2.24, 2.45) is 0 Å². The fourth-order valence-corrected chi connectivity index (χ4v) is 2.84. The summed E-state index contributed by atoms with van der Waals surface area (Å²) in [6.07, 6.45) is -4.88. The standard InChI is InChI=1S/C18H12Cl2F3N3O/c19-12-8-4-5-9-13(12)24-17-25-15(18(21,22)23)14(20)16(27)26(17)10-11-6-2-1-3-7-11/h1-9H,10H2,(H,24,25). The van der Waals surface area contributed by atoms with Crippen molar-refractivity contribution in [3.05, 3.63) is 86.3 Å². The first kappa shape index (κ1) is 19.3. The molecule has 0 saturated carbocycles. The molecule has 0 aliphatic heterocycles. The van der Waals surface area contributed by atoms with Gasteiger partial charge in [0, 0.05) is 0 Å². The Labute approximate surface area is 162 Å². The van der Waals surface area contributed by atoms with Crippen molar-refractivity contribution in [3.8, 4) is 0 Å². The molecule has 3 aromatic rings. The number of benzene rings is 2. The summed E-state index contributed by atoms with van der Waals surface area (Å²) in [6.45, 7) is -0.0166. The maximum absolute atomic E-state index is 13.2. The van der Waals surface area contributed by atoms with E-state index in [9.17, 15) is 18.0 Å². The van der Waals surface area contributed by atoms with Gasteiger partial charge < -0.3 is 5.32 Å². The summed E-state index contributed by atoms with van der Waals surface area (Å²) in [4.78, 5) is 16.1. The summed E-state index contributed by atoms with van der Waals surface area (Å²) in [7, 11) is 0. The van der Waals surface area contributed by atoms with E-state index < -0.39 is 22.5 Å². The number of hydrogen-bond donors (Lipinski definition) is 1. The summed E-state index contributed by atoms with van der Waals surface area (Å²) in [5.41, 5.74) is -1.45. The molecule has 0 radical (unpaired) electrons. The zero-order valence-corrected chi connectivity index (χ0v) is 15.1. The molecule has 0 aliphatic carbocycles. The van der Waals surface area contributed by atoms with E-state index in [1.807, 2.05) is 0 Å². The number of nitrogens with zero attached hydrogens (tertiary/aromatic N) is 2. The second-order valence-corrected chi connectivity index (χ2v) is 6.36. The lowest BCUT2D eigenvalue weighted by atomic mass is 10.2. The van der Waals surface area contributed by atoms with Crippen molar-refractivity contribution in [1.82, 2.24) is 9.55 Å². The van der Waals surface area contributed by atoms with E-state index in [2.05, 4.69) is 10.3 Å². The van der Waals surface area contributed by atoms with Crippen LogP contribution in [0.15, 0.2) is 59.4 Å². The zero-order chi connectivity index (χ0) is 19.6. The van der Waals surface area contributed by atoms with Gasteiger partial charge in [-0.25, -0.2) is 4.98 Å². The smallest absolute Gasteiger partial charge is 0.324 e. The molecule has 1 N–H and O–H groups in total. The van der Waals surface area contributed by atoms with E-state index in [0.29, 0.717) is 11.3 Å². The van der Waals surface area contributed by atoms with E-state index in [4.69, 9.17) is 23.2 Å². The van der Waals surface area contributed by atoms with Gasteiger partial charge in [-0.3, -0.25) is 9.36 Å².